The Morgan fingerprint density at radius 3 is 2.52 bits per heavy atom. The molecule has 6 nitrogen and oxygen atoms in total. The molecule has 0 bridgehead atoms. The molecule has 1 saturated carbocycles. The van der Waals surface area contributed by atoms with Crippen LogP contribution >= 0.6 is 0 Å². The highest BCUT2D eigenvalue weighted by Crippen LogP contribution is 2.40. The number of nitrogens with one attached hydrogen (secondary N) is 1. The Morgan fingerprint density at radius 2 is 1.89 bits per heavy atom. The van der Waals surface area contributed by atoms with Gasteiger partial charge in [-0.2, -0.15) is 5.26 Å². The third-order valence-corrected chi connectivity index (χ3v) is 4.88. The van der Waals surface area contributed by atoms with Gasteiger partial charge in [-0.1, -0.05) is 37.1 Å². The first-order valence-electron chi connectivity index (χ1n) is 8.78. The molecule has 6 heteroatoms. The van der Waals surface area contributed by atoms with Crippen molar-refractivity contribution in [1.29, 1.82) is 5.26 Å². The normalized spacial score (nSPS) is 15.4. The molecule has 2 aromatic rings. The number of benzene rings is 2. The molecule has 0 saturated heterocycles. The number of non-ortho nitro benzene ring substituents is 1. The molecule has 0 radical (unpaired) electrons. The Balaban J connectivity index is 1.65. The van der Waals surface area contributed by atoms with Gasteiger partial charge < -0.3 is 5.32 Å². The van der Waals surface area contributed by atoms with Crippen LogP contribution in [0.3, 0.4) is 0 Å². The summed E-state index contributed by atoms with van der Waals surface area (Å²) < 4.78 is 0. The molecular weight excluding hydrogens is 342 g/mol. The molecule has 1 fully saturated rings. The van der Waals surface area contributed by atoms with Crippen LogP contribution in [0.1, 0.15) is 36.8 Å². The highest BCUT2D eigenvalue weighted by Gasteiger charge is 2.35. The lowest BCUT2D eigenvalue weighted by Crippen LogP contribution is -2.19. The van der Waals surface area contributed by atoms with Crippen molar-refractivity contribution in [3.63, 3.8) is 0 Å². The van der Waals surface area contributed by atoms with Crippen molar-refractivity contribution < 1.29 is 9.72 Å². The molecule has 1 amide bonds. The second-order valence-corrected chi connectivity index (χ2v) is 6.65. The zero-order valence-corrected chi connectivity index (χ0v) is 14.7. The van der Waals surface area contributed by atoms with E-state index in [1.807, 2.05) is 12.1 Å². The van der Waals surface area contributed by atoms with Crippen molar-refractivity contribution in [2.24, 2.45) is 0 Å². The lowest BCUT2D eigenvalue weighted by molar-refractivity contribution is -0.384. The van der Waals surface area contributed by atoms with Gasteiger partial charge in [-0.05, 0) is 42.2 Å². The summed E-state index contributed by atoms with van der Waals surface area (Å²) in [4.78, 5) is 22.4. The average Bonchev–Trinajstić information content (AvgIpc) is 3.17. The van der Waals surface area contributed by atoms with Crippen molar-refractivity contribution in [3.8, 4) is 6.07 Å². The topological polar surface area (TPSA) is 96.0 Å². The predicted molar refractivity (Wildman–Crippen MR) is 103 cm³/mol. The van der Waals surface area contributed by atoms with Gasteiger partial charge in [0.1, 0.15) is 0 Å². The Labute approximate surface area is 157 Å². The summed E-state index contributed by atoms with van der Waals surface area (Å²) in [5.74, 6) is -0.329. The molecule has 136 valence electrons. The Kier molecular flexibility index (Phi) is 5.32. The van der Waals surface area contributed by atoms with Crippen molar-refractivity contribution in [1.82, 2.24) is 0 Å². The van der Waals surface area contributed by atoms with E-state index in [0.29, 0.717) is 11.3 Å². The number of hydrogen-bond donors (Lipinski definition) is 1. The maximum absolute atomic E-state index is 12.1. The number of nitrogens with zero attached hydrogens (tertiary/aromatic N) is 2. The van der Waals surface area contributed by atoms with Gasteiger partial charge in [0.05, 0.1) is 16.4 Å². The fourth-order valence-corrected chi connectivity index (χ4v) is 3.41. The number of nitro benzene ring substituents is 1. The smallest absolute Gasteiger partial charge is 0.270 e. The van der Waals surface area contributed by atoms with Crippen LogP contribution in [0, 0.1) is 21.4 Å². The van der Waals surface area contributed by atoms with Crippen LogP contribution in [0.5, 0.6) is 0 Å². The molecular formula is C21H19N3O3. The SMILES string of the molecule is N#CC1(c2ccc(NC(=O)/C=C/c3cccc([N+](=O)[O-])c3)cc2)CCCC1. The second kappa shape index (κ2) is 7.83. The molecule has 1 aliphatic rings. The molecule has 1 aliphatic carbocycles. The first kappa shape index (κ1) is 18.3. The van der Waals surface area contributed by atoms with Crippen molar-refractivity contribution in [2.75, 3.05) is 5.32 Å². The van der Waals surface area contributed by atoms with Crippen LogP contribution in [0.4, 0.5) is 11.4 Å². The van der Waals surface area contributed by atoms with E-state index in [9.17, 15) is 20.2 Å². The van der Waals surface area contributed by atoms with Crippen LogP contribution in [0.25, 0.3) is 6.08 Å². The predicted octanol–water partition coefficient (Wildman–Crippen LogP) is 4.58. The van der Waals surface area contributed by atoms with Gasteiger partial charge in [0, 0.05) is 23.9 Å². The van der Waals surface area contributed by atoms with E-state index in [1.165, 1.54) is 24.3 Å². The molecule has 0 atom stereocenters. The van der Waals surface area contributed by atoms with Gasteiger partial charge in [0.2, 0.25) is 5.91 Å². The molecule has 0 spiro atoms. The third kappa shape index (κ3) is 4.21. The maximum atomic E-state index is 12.1. The lowest BCUT2D eigenvalue weighted by atomic mass is 9.80. The number of anilines is 1. The van der Waals surface area contributed by atoms with Crippen LogP contribution in [-0.2, 0) is 10.2 Å². The van der Waals surface area contributed by atoms with E-state index in [1.54, 1.807) is 24.3 Å². The minimum absolute atomic E-state index is 0.0218. The monoisotopic (exact) mass is 361 g/mol. The Hall–Kier alpha value is -3.46. The summed E-state index contributed by atoms with van der Waals surface area (Å²) >= 11 is 0. The fourth-order valence-electron chi connectivity index (χ4n) is 3.41. The third-order valence-electron chi connectivity index (χ3n) is 4.88. The van der Waals surface area contributed by atoms with E-state index in [2.05, 4.69) is 11.4 Å². The van der Waals surface area contributed by atoms with E-state index < -0.39 is 10.3 Å². The standard InChI is InChI=1S/C21H19N3O3/c22-15-21(12-1-2-13-21)17-7-9-18(10-8-17)23-20(25)11-6-16-4-3-5-19(14-16)24(26)27/h3-11,14H,1-2,12-13H2,(H,23,25)/b11-6+. The van der Waals surface area contributed by atoms with E-state index in [4.69, 9.17) is 0 Å². The Morgan fingerprint density at radius 1 is 1.19 bits per heavy atom. The molecule has 0 aromatic heterocycles. The molecule has 0 unspecified atom stereocenters. The minimum atomic E-state index is -0.475. The van der Waals surface area contributed by atoms with Gasteiger partial charge in [-0.15, -0.1) is 0 Å². The molecule has 1 N–H and O–H groups in total. The van der Waals surface area contributed by atoms with E-state index in [0.717, 1.165) is 31.2 Å². The van der Waals surface area contributed by atoms with Crippen LogP contribution in [0.15, 0.2) is 54.6 Å². The van der Waals surface area contributed by atoms with E-state index in [-0.39, 0.29) is 11.6 Å². The summed E-state index contributed by atoms with van der Waals surface area (Å²) in [6.45, 7) is 0. The number of rotatable bonds is 5. The molecule has 3 rings (SSSR count). The quantitative estimate of drug-likeness (QED) is 0.479. The van der Waals surface area contributed by atoms with E-state index >= 15 is 0 Å². The number of nitriles is 1. The van der Waals surface area contributed by atoms with Crippen LogP contribution in [-0.4, -0.2) is 10.8 Å². The maximum Gasteiger partial charge on any atom is 0.270 e. The summed E-state index contributed by atoms with van der Waals surface area (Å²) in [6, 6.07) is 15.9. The van der Waals surface area contributed by atoms with Gasteiger partial charge >= 0.3 is 0 Å². The summed E-state index contributed by atoms with van der Waals surface area (Å²) in [5, 5.41) is 23.1. The average molecular weight is 361 g/mol. The zero-order chi connectivity index (χ0) is 19.3. The molecule has 0 aliphatic heterocycles. The number of carbonyl (C=O) groups is 1. The number of carbonyl (C=O) groups excluding carboxylic acids is 1. The van der Waals surface area contributed by atoms with Gasteiger partial charge in [-0.3, -0.25) is 14.9 Å². The van der Waals surface area contributed by atoms with Crippen LogP contribution in [0.2, 0.25) is 0 Å². The molecule has 0 heterocycles. The minimum Gasteiger partial charge on any atom is -0.323 e. The molecule has 27 heavy (non-hydrogen) atoms. The Bertz CT molecular complexity index is 920. The van der Waals surface area contributed by atoms with Crippen molar-refractivity contribution in [2.45, 2.75) is 31.1 Å². The largest absolute Gasteiger partial charge is 0.323 e. The van der Waals surface area contributed by atoms with Crippen molar-refractivity contribution in [3.05, 3.63) is 75.8 Å². The lowest BCUT2D eigenvalue weighted by Gasteiger charge is -2.20. The summed E-state index contributed by atoms with van der Waals surface area (Å²) in [7, 11) is 0. The number of nitro groups is 1. The van der Waals surface area contributed by atoms with Gasteiger partial charge in [-0.25, -0.2) is 0 Å². The first-order valence-corrected chi connectivity index (χ1v) is 8.78. The number of hydrogen-bond acceptors (Lipinski definition) is 4. The zero-order valence-electron chi connectivity index (χ0n) is 14.7. The van der Waals surface area contributed by atoms with Crippen molar-refractivity contribution >= 4 is 23.4 Å². The number of amides is 1. The second-order valence-electron chi connectivity index (χ2n) is 6.65. The summed E-state index contributed by atoms with van der Waals surface area (Å²) in [5.41, 5.74) is 1.79. The molecule has 2 aromatic carbocycles. The van der Waals surface area contributed by atoms with Crippen LogP contribution < -0.4 is 5.32 Å². The highest BCUT2D eigenvalue weighted by molar-refractivity contribution is 6.01. The highest BCUT2D eigenvalue weighted by atomic mass is 16.6. The van der Waals surface area contributed by atoms with Gasteiger partial charge in [0.25, 0.3) is 5.69 Å². The first-order chi connectivity index (χ1) is 13.0. The van der Waals surface area contributed by atoms with Gasteiger partial charge in [0.15, 0.2) is 0 Å². The summed E-state index contributed by atoms with van der Waals surface area (Å²) in [6.07, 6.45) is 6.74. The fraction of sp³-hybridized carbons (Fsp3) is 0.238.